The van der Waals surface area contributed by atoms with Crippen LogP contribution in [0.2, 0.25) is 0 Å². The number of aliphatic hydroxyl groups is 1. The first kappa shape index (κ1) is 27.1. The molecular formula is C30H38N4O5. The highest BCUT2D eigenvalue weighted by Gasteiger charge is 2.33. The zero-order chi connectivity index (χ0) is 27.5. The molecule has 0 radical (unpaired) electrons. The number of ether oxygens (including phenoxy) is 1. The van der Waals surface area contributed by atoms with Crippen LogP contribution in [0.15, 0.2) is 36.4 Å². The predicted octanol–water partition coefficient (Wildman–Crippen LogP) is 2.10. The van der Waals surface area contributed by atoms with Gasteiger partial charge in [0.2, 0.25) is 5.91 Å². The quantitative estimate of drug-likeness (QED) is 0.479. The van der Waals surface area contributed by atoms with Crippen molar-refractivity contribution in [2.45, 2.75) is 58.3 Å². The molecule has 3 heterocycles. The van der Waals surface area contributed by atoms with Gasteiger partial charge in [-0.2, -0.15) is 0 Å². The van der Waals surface area contributed by atoms with Crippen molar-refractivity contribution in [3.8, 4) is 5.75 Å². The summed E-state index contributed by atoms with van der Waals surface area (Å²) in [5.74, 6) is 0.429. The first-order valence-electron chi connectivity index (χ1n) is 13.9. The van der Waals surface area contributed by atoms with E-state index >= 15 is 0 Å². The minimum atomic E-state index is -0.751. The van der Waals surface area contributed by atoms with Crippen LogP contribution in [0, 0.1) is 5.92 Å². The molecule has 2 aromatic carbocycles. The van der Waals surface area contributed by atoms with Crippen molar-refractivity contribution in [3.05, 3.63) is 64.2 Å². The molecule has 9 nitrogen and oxygen atoms in total. The van der Waals surface area contributed by atoms with Crippen molar-refractivity contribution < 1.29 is 24.2 Å². The van der Waals surface area contributed by atoms with E-state index in [9.17, 15) is 19.5 Å². The molecule has 9 heteroatoms. The number of aliphatic hydroxyl groups excluding tert-OH is 1. The van der Waals surface area contributed by atoms with Crippen LogP contribution in [0.4, 0.5) is 0 Å². The summed E-state index contributed by atoms with van der Waals surface area (Å²) < 4.78 is 5.77. The van der Waals surface area contributed by atoms with Crippen molar-refractivity contribution in [2.75, 3.05) is 32.8 Å². The molecule has 5 rings (SSSR count). The fourth-order valence-corrected chi connectivity index (χ4v) is 5.93. The molecule has 0 aromatic heterocycles. The highest BCUT2D eigenvalue weighted by atomic mass is 16.5. The Morgan fingerprint density at radius 2 is 1.90 bits per heavy atom. The van der Waals surface area contributed by atoms with Crippen LogP contribution in [-0.2, 0) is 24.3 Å². The first-order valence-corrected chi connectivity index (χ1v) is 13.9. The highest BCUT2D eigenvalue weighted by molar-refractivity contribution is 6.03. The molecule has 0 saturated carbocycles. The molecule has 1 fully saturated rings. The molecule has 3 N–H and O–H groups in total. The molecule has 0 bridgehead atoms. The Balaban J connectivity index is 1.22. The number of rotatable bonds is 8. The van der Waals surface area contributed by atoms with Crippen LogP contribution < -0.4 is 15.4 Å². The second-order valence-corrected chi connectivity index (χ2v) is 10.8. The van der Waals surface area contributed by atoms with E-state index in [4.69, 9.17) is 4.74 Å². The zero-order valence-electron chi connectivity index (χ0n) is 22.7. The first-order chi connectivity index (χ1) is 18.8. The second-order valence-electron chi connectivity index (χ2n) is 10.8. The number of likely N-dealkylation sites (tertiary alicyclic amines) is 1. The van der Waals surface area contributed by atoms with E-state index < -0.39 is 6.10 Å². The fraction of sp³-hybridized carbons (Fsp3) is 0.500. The third-order valence-electron chi connectivity index (χ3n) is 8.22. The van der Waals surface area contributed by atoms with Gasteiger partial charge in [0.05, 0.1) is 18.3 Å². The van der Waals surface area contributed by atoms with Crippen LogP contribution in [0.1, 0.15) is 64.1 Å². The summed E-state index contributed by atoms with van der Waals surface area (Å²) in [6, 6.07) is 11.5. The number of carbonyl (C=O) groups is 3. The minimum absolute atomic E-state index is 0.0500. The minimum Gasteiger partial charge on any atom is -0.493 e. The van der Waals surface area contributed by atoms with Gasteiger partial charge in [-0.3, -0.25) is 14.4 Å². The van der Waals surface area contributed by atoms with Crippen molar-refractivity contribution in [1.82, 2.24) is 20.4 Å². The second kappa shape index (κ2) is 11.8. The molecule has 39 heavy (non-hydrogen) atoms. The molecule has 0 aliphatic carbocycles. The van der Waals surface area contributed by atoms with Gasteiger partial charge in [-0.25, -0.2) is 0 Å². The Hall–Kier alpha value is -3.43. The number of carbonyl (C=O) groups excluding carboxylic acids is 3. The molecule has 0 spiro atoms. The van der Waals surface area contributed by atoms with Gasteiger partial charge in [0.25, 0.3) is 11.8 Å². The lowest BCUT2D eigenvalue weighted by atomic mass is 9.93. The Morgan fingerprint density at radius 3 is 2.62 bits per heavy atom. The van der Waals surface area contributed by atoms with Crippen molar-refractivity contribution in [1.29, 1.82) is 0 Å². The summed E-state index contributed by atoms with van der Waals surface area (Å²) in [5.41, 5.74) is 4.19. The number of hydrogen-bond acceptors (Lipinski definition) is 6. The maximum Gasteiger partial charge on any atom is 0.255 e. The largest absolute Gasteiger partial charge is 0.493 e. The van der Waals surface area contributed by atoms with E-state index in [1.165, 1.54) is 11.1 Å². The van der Waals surface area contributed by atoms with E-state index in [2.05, 4.69) is 22.8 Å². The topological polar surface area (TPSA) is 111 Å². The molecule has 1 saturated heterocycles. The predicted molar refractivity (Wildman–Crippen MR) is 146 cm³/mol. The molecule has 2 atom stereocenters. The summed E-state index contributed by atoms with van der Waals surface area (Å²) in [7, 11) is 0. The Kier molecular flexibility index (Phi) is 8.18. The normalized spacial score (nSPS) is 19.9. The van der Waals surface area contributed by atoms with Crippen LogP contribution in [0.5, 0.6) is 5.75 Å². The van der Waals surface area contributed by atoms with Gasteiger partial charge in [0.15, 0.2) is 0 Å². The van der Waals surface area contributed by atoms with Gasteiger partial charge >= 0.3 is 0 Å². The van der Waals surface area contributed by atoms with Crippen LogP contribution in [-0.4, -0.2) is 77.6 Å². The third kappa shape index (κ3) is 5.94. The average molecular weight is 535 g/mol. The van der Waals surface area contributed by atoms with Gasteiger partial charge < -0.3 is 30.3 Å². The summed E-state index contributed by atoms with van der Waals surface area (Å²) in [6.45, 7) is 7.11. The summed E-state index contributed by atoms with van der Waals surface area (Å²) in [6.07, 6.45) is 1.70. The van der Waals surface area contributed by atoms with Crippen LogP contribution >= 0.6 is 0 Å². The number of nitrogens with zero attached hydrogens (tertiary/aromatic N) is 2. The van der Waals surface area contributed by atoms with E-state index in [0.29, 0.717) is 55.5 Å². The molecule has 3 amide bonds. The van der Waals surface area contributed by atoms with E-state index in [1.54, 1.807) is 19.1 Å². The van der Waals surface area contributed by atoms with Crippen molar-refractivity contribution in [2.24, 2.45) is 5.92 Å². The lowest BCUT2D eigenvalue weighted by Crippen LogP contribution is -2.49. The molecular weight excluding hydrogens is 496 g/mol. The van der Waals surface area contributed by atoms with E-state index in [-0.39, 0.29) is 30.3 Å². The Labute approximate surface area is 229 Å². The Morgan fingerprint density at radius 1 is 1.15 bits per heavy atom. The lowest BCUT2D eigenvalue weighted by Gasteiger charge is -2.33. The molecule has 2 aromatic rings. The fourth-order valence-electron chi connectivity index (χ4n) is 5.93. The summed E-state index contributed by atoms with van der Waals surface area (Å²) in [5, 5.41) is 17.1. The number of piperidine rings is 1. The van der Waals surface area contributed by atoms with E-state index in [0.717, 1.165) is 31.5 Å². The average Bonchev–Trinajstić information content (AvgIpc) is 3.25. The highest BCUT2D eigenvalue weighted by Crippen LogP contribution is 2.32. The van der Waals surface area contributed by atoms with E-state index in [1.807, 2.05) is 28.9 Å². The molecule has 208 valence electrons. The van der Waals surface area contributed by atoms with Crippen molar-refractivity contribution >= 4 is 17.7 Å². The zero-order valence-corrected chi connectivity index (χ0v) is 22.7. The maximum atomic E-state index is 13.2. The third-order valence-corrected chi connectivity index (χ3v) is 8.22. The summed E-state index contributed by atoms with van der Waals surface area (Å²) in [4.78, 5) is 41.8. The van der Waals surface area contributed by atoms with Crippen molar-refractivity contribution in [3.63, 3.8) is 0 Å². The standard InChI is InChI=1S/C30H38N4O5/c1-3-39-28-14-24-23(18-34(30(24)38)17-20-8-10-33(11-9-20)19(2)35)12-25(28)29(37)32-16-27(36)26-13-21-6-4-5-7-22(21)15-31-26/h4-7,12,14,20,26-27,31,36H,3,8-11,13,15-18H2,1-2H3,(H,32,37)/t26-,27+/m0/s1. The number of fused-ring (bicyclic) bond motifs is 2. The molecule has 3 aliphatic heterocycles. The number of amides is 3. The molecule has 0 unspecified atom stereocenters. The number of hydrogen-bond donors (Lipinski definition) is 3. The Bertz CT molecular complexity index is 1240. The van der Waals surface area contributed by atoms with Gasteiger partial charge in [0.1, 0.15) is 5.75 Å². The maximum absolute atomic E-state index is 13.2. The van der Waals surface area contributed by atoms with Gasteiger partial charge in [-0.1, -0.05) is 24.3 Å². The van der Waals surface area contributed by atoms with Crippen LogP contribution in [0.25, 0.3) is 0 Å². The molecule has 3 aliphatic rings. The van der Waals surface area contributed by atoms with Crippen LogP contribution in [0.3, 0.4) is 0 Å². The van der Waals surface area contributed by atoms with Gasteiger partial charge in [0, 0.05) is 57.8 Å². The smallest absolute Gasteiger partial charge is 0.255 e. The van der Waals surface area contributed by atoms with Gasteiger partial charge in [-0.05, 0) is 60.9 Å². The number of nitrogens with one attached hydrogen (secondary N) is 2. The summed E-state index contributed by atoms with van der Waals surface area (Å²) >= 11 is 0. The lowest BCUT2D eigenvalue weighted by molar-refractivity contribution is -0.130. The SMILES string of the molecule is CCOc1cc2c(cc1C(=O)NC[C@@H](O)[C@@H]1Cc3ccccc3CN1)CN(CC1CCN(C(C)=O)CC1)C2=O. The van der Waals surface area contributed by atoms with Gasteiger partial charge in [-0.15, -0.1) is 0 Å². The number of benzene rings is 2. The monoisotopic (exact) mass is 534 g/mol.